The topological polar surface area (TPSA) is 61.3 Å². The third-order valence-corrected chi connectivity index (χ3v) is 4.13. The van der Waals surface area contributed by atoms with Gasteiger partial charge in [0, 0.05) is 17.6 Å². The van der Waals surface area contributed by atoms with Crippen LogP contribution in [0.4, 0.5) is 0 Å². The summed E-state index contributed by atoms with van der Waals surface area (Å²) in [5, 5.41) is 0.831. The zero-order chi connectivity index (χ0) is 15.5. The average molecular weight is 300 g/mol. The molecule has 0 amide bonds. The van der Waals surface area contributed by atoms with Crippen molar-refractivity contribution in [3.63, 3.8) is 0 Å². The fraction of sp³-hybridized carbons (Fsp3) is 0.471. The number of nitrogens with zero attached hydrogens (tertiary/aromatic N) is 2. The first-order valence-corrected chi connectivity index (χ1v) is 7.70. The van der Waals surface area contributed by atoms with Crippen molar-refractivity contribution in [2.75, 3.05) is 7.11 Å². The van der Waals surface area contributed by atoms with E-state index in [1.165, 1.54) is 6.42 Å². The number of esters is 1. The molecule has 1 aromatic carbocycles. The van der Waals surface area contributed by atoms with Gasteiger partial charge in [-0.05, 0) is 25.8 Å². The molecule has 1 saturated carbocycles. The molecule has 0 aliphatic heterocycles. The number of benzene rings is 1. The number of carbonyl (C=O) groups is 1. The van der Waals surface area contributed by atoms with Gasteiger partial charge in [0.25, 0.3) is 0 Å². The van der Waals surface area contributed by atoms with E-state index >= 15 is 0 Å². The molecule has 1 aromatic heterocycles. The van der Waals surface area contributed by atoms with E-state index in [9.17, 15) is 4.79 Å². The lowest BCUT2D eigenvalue weighted by Gasteiger charge is -2.20. The van der Waals surface area contributed by atoms with Crippen LogP contribution in [-0.4, -0.2) is 23.0 Å². The molecular weight excluding hydrogens is 280 g/mol. The van der Waals surface area contributed by atoms with Gasteiger partial charge in [-0.1, -0.05) is 19.3 Å². The normalized spacial score (nSPS) is 15.7. The van der Waals surface area contributed by atoms with Crippen molar-refractivity contribution in [2.24, 2.45) is 5.92 Å². The van der Waals surface area contributed by atoms with Crippen molar-refractivity contribution >= 4 is 16.9 Å². The molecule has 0 radical (unpaired) electrons. The molecule has 0 spiro atoms. The first kappa shape index (κ1) is 14.8. The Hall–Kier alpha value is -2.17. The predicted molar refractivity (Wildman–Crippen MR) is 83.0 cm³/mol. The molecule has 3 rings (SSSR count). The lowest BCUT2D eigenvalue weighted by atomic mass is 9.89. The van der Waals surface area contributed by atoms with E-state index in [1.807, 2.05) is 6.92 Å². The van der Waals surface area contributed by atoms with E-state index in [0.717, 1.165) is 36.6 Å². The van der Waals surface area contributed by atoms with Gasteiger partial charge < -0.3 is 9.47 Å². The Bertz CT molecular complexity index is 694. The summed E-state index contributed by atoms with van der Waals surface area (Å²) < 4.78 is 10.9. The maximum atomic E-state index is 12.3. The van der Waals surface area contributed by atoms with Crippen LogP contribution in [0.1, 0.15) is 37.9 Å². The standard InChI is InChI=1S/C17H20N2O3/c1-11-18-10-13-8-16(15(21-2)9-14(13)19-11)22-17(20)12-6-4-3-5-7-12/h8-10,12H,3-7H2,1-2H3. The van der Waals surface area contributed by atoms with Crippen molar-refractivity contribution < 1.29 is 14.3 Å². The maximum absolute atomic E-state index is 12.3. The first-order chi connectivity index (χ1) is 10.7. The highest BCUT2D eigenvalue weighted by atomic mass is 16.6. The van der Waals surface area contributed by atoms with Gasteiger partial charge in [0.05, 0.1) is 18.5 Å². The second-order valence-corrected chi connectivity index (χ2v) is 5.74. The highest BCUT2D eigenvalue weighted by Crippen LogP contribution is 2.33. The van der Waals surface area contributed by atoms with Crippen molar-refractivity contribution in [1.82, 2.24) is 9.97 Å². The van der Waals surface area contributed by atoms with Gasteiger partial charge in [0.1, 0.15) is 5.82 Å². The smallest absolute Gasteiger partial charge is 0.314 e. The number of rotatable bonds is 3. The third-order valence-electron chi connectivity index (χ3n) is 4.13. The molecule has 1 fully saturated rings. The van der Waals surface area contributed by atoms with Crippen molar-refractivity contribution in [3.05, 3.63) is 24.2 Å². The van der Waals surface area contributed by atoms with E-state index in [-0.39, 0.29) is 11.9 Å². The van der Waals surface area contributed by atoms with Crippen molar-refractivity contribution in [1.29, 1.82) is 0 Å². The summed E-state index contributed by atoms with van der Waals surface area (Å²) in [6, 6.07) is 3.56. The van der Waals surface area contributed by atoms with Gasteiger partial charge in [-0.25, -0.2) is 9.97 Å². The molecule has 0 atom stereocenters. The predicted octanol–water partition coefficient (Wildman–Crippen LogP) is 3.43. The van der Waals surface area contributed by atoms with Crippen LogP contribution in [0, 0.1) is 12.8 Å². The number of methoxy groups -OCH3 is 1. The maximum Gasteiger partial charge on any atom is 0.314 e. The second-order valence-electron chi connectivity index (χ2n) is 5.74. The summed E-state index contributed by atoms with van der Waals surface area (Å²) in [4.78, 5) is 20.9. The molecule has 2 aromatic rings. The molecule has 5 nitrogen and oxygen atoms in total. The van der Waals surface area contributed by atoms with E-state index in [2.05, 4.69) is 9.97 Å². The number of carbonyl (C=O) groups excluding carboxylic acids is 1. The number of hydrogen-bond acceptors (Lipinski definition) is 5. The molecule has 0 N–H and O–H groups in total. The monoisotopic (exact) mass is 300 g/mol. The van der Waals surface area contributed by atoms with Crippen LogP contribution < -0.4 is 9.47 Å². The highest BCUT2D eigenvalue weighted by molar-refractivity contribution is 5.84. The zero-order valence-electron chi connectivity index (χ0n) is 13.0. The number of aryl methyl sites for hydroxylation is 1. The molecule has 0 bridgehead atoms. The Balaban J connectivity index is 1.88. The highest BCUT2D eigenvalue weighted by Gasteiger charge is 2.24. The average Bonchev–Trinajstić information content (AvgIpc) is 2.55. The molecule has 1 heterocycles. The summed E-state index contributed by atoms with van der Waals surface area (Å²) in [6.07, 6.45) is 6.96. The molecule has 0 unspecified atom stereocenters. The fourth-order valence-corrected chi connectivity index (χ4v) is 2.90. The Kier molecular flexibility index (Phi) is 4.22. The van der Waals surface area contributed by atoms with Crippen molar-refractivity contribution in [3.8, 4) is 11.5 Å². The minimum Gasteiger partial charge on any atom is -0.493 e. The molecule has 116 valence electrons. The van der Waals surface area contributed by atoms with Gasteiger partial charge >= 0.3 is 5.97 Å². The van der Waals surface area contributed by atoms with E-state index in [4.69, 9.17) is 9.47 Å². The van der Waals surface area contributed by atoms with Crippen LogP contribution in [0.2, 0.25) is 0 Å². The SMILES string of the molecule is COc1cc2nc(C)ncc2cc1OC(=O)C1CCCCC1. The molecule has 22 heavy (non-hydrogen) atoms. The summed E-state index contributed by atoms with van der Waals surface area (Å²) in [5.74, 6) is 1.50. The van der Waals surface area contributed by atoms with Crippen LogP contribution in [0.15, 0.2) is 18.3 Å². The van der Waals surface area contributed by atoms with E-state index in [1.54, 1.807) is 25.4 Å². The lowest BCUT2D eigenvalue weighted by Crippen LogP contribution is -2.22. The third kappa shape index (κ3) is 3.03. The van der Waals surface area contributed by atoms with Crippen LogP contribution in [0.5, 0.6) is 11.5 Å². The lowest BCUT2D eigenvalue weighted by molar-refractivity contribution is -0.140. The van der Waals surface area contributed by atoms with Gasteiger partial charge in [-0.2, -0.15) is 0 Å². The van der Waals surface area contributed by atoms with E-state index < -0.39 is 0 Å². The van der Waals surface area contributed by atoms with E-state index in [0.29, 0.717) is 17.3 Å². The molecule has 0 saturated heterocycles. The second kappa shape index (κ2) is 6.30. The van der Waals surface area contributed by atoms with Crippen LogP contribution in [0.25, 0.3) is 10.9 Å². The summed E-state index contributed by atoms with van der Waals surface area (Å²) in [6.45, 7) is 1.84. The van der Waals surface area contributed by atoms with Gasteiger partial charge in [-0.15, -0.1) is 0 Å². The number of hydrogen-bond donors (Lipinski definition) is 0. The Morgan fingerprint density at radius 2 is 1.95 bits per heavy atom. The van der Waals surface area contributed by atoms with Crippen LogP contribution in [0.3, 0.4) is 0 Å². The molecular formula is C17H20N2O3. The molecule has 1 aliphatic rings. The largest absolute Gasteiger partial charge is 0.493 e. The Morgan fingerprint density at radius 3 is 2.68 bits per heavy atom. The molecule has 5 heteroatoms. The quantitative estimate of drug-likeness (QED) is 0.642. The summed E-state index contributed by atoms with van der Waals surface area (Å²) >= 11 is 0. The molecule has 1 aliphatic carbocycles. The van der Waals surface area contributed by atoms with Crippen molar-refractivity contribution in [2.45, 2.75) is 39.0 Å². The summed E-state index contributed by atoms with van der Waals surface area (Å²) in [5.41, 5.74) is 0.779. The number of aromatic nitrogens is 2. The minimum absolute atomic E-state index is 0.00317. The van der Waals surface area contributed by atoms with Crippen LogP contribution >= 0.6 is 0 Å². The fourth-order valence-electron chi connectivity index (χ4n) is 2.90. The number of ether oxygens (including phenoxy) is 2. The minimum atomic E-state index is -0.162. The van der Waals surface area contributed by atoms with Gasteiger partial charge in [-0.3, -0.25) is 4.79 Å². The number of fused-ring (bicyclic) bond motifs is 1. The zero-order valence-corrected chi connectivity index (χ0v) is 13.0. The van der Waals surface area contributed by atoms with Gasteiger partial charge in [0.2, 0.25) is 0 Å². The first-order valence-electron chi connectivity index (χ1n) is 7.70. The summed E-state index contributed by atoms with van der Waals surface area (Å²) in [7, 11) is 1.56. The van der Waals surface area contributed by atoms with Gasteiger partial charge in [0.15, 0.2) is 11.5 Å². The van der Waals surface area contributed by atoms with Crippen LogP contribution in [-0.2, 0) is 4.79 Å². The Labute approximate surface area is 129 Å². The Morgan fingerprint density at radius 1 is 1.18 bits per heavy atom.